The molecule has 0 aliphatic rings. The van der Waals surface area contributed by atoms with Crippen molar-refractivity contribution in [2.24, 2.45) is 0 Å². The van der Waals surface area contributed by atoms with Gasteiger partial charge >= 0.3 is 5.97 Å². The maximum atomic E-state index is 13.1. The first-order chi connectivity index (χ1) is 7.06. The monoisotopic (exact) mass is 217 g/mol. The second kappa shape index (κ2) is 4.79. The molecule has 1 N–H and O–H groups in total. The van der Waals surface area contributed by atoms with E-state index in [-0.39, 0.29) is 12.0 Å². The molecule has 4 nitrogen and oxygen atoms in total. The zero-order chi connectivity index (χ0) is 11.4. The molecule has 0 amide bonds. The van der Waals surface area contributed by atoms with Crippen molar-refractivity contribution < 1.29 is 23.4 Å². The van der Waals surface area contributed by atoms with Crippen LogP contribution in [0.3, 0.4) is 0 Å². The van der Waals surface area contributed by atoms with Crippen molar-refractivity contribution in [1.29, 1.82) is 0 Å². The number of halogens is 2. The minimum Gasteiger partial charge on any atom is -0.479 e. The van der Waals surface area contributed by atoms with Gasteiger partial charge in [0.25, 0.3) is 0 Å². The number of hydrogen-bond acceptors (Lipinski definition) is 3. The van der Waals surface area contributed by atoms with Crippen molar-refractivity contribution >= 4 is 5.97 Å². The van der Waals surface area contributed by atoms with E-state index in [1.807, 2.05) is 0 Å². The highest BCUT2D eigenvalue weighted by Crippen LogP contribution is 2.13. The molecule has 1 aromatic heterocycles. The van der Waals surface area contributed by atoms with E-state index in [4.69, 9.17) is 5.11 Å². The number of nitrogens with zero attached hydrogens (tertiary/aromatic N) is 1. The number of rotatable bonds is 4. The summed E-state index contributed by atoms with van der Waals surface area (Å²) in [5.74, 6) is -3.02. The van der Waals surface area contributed by atoms with E-state index in [9.17, 15) is 13.6 Å². The molecule has 0 radical (unpaired) electrons. The molecule has 0 saturated heterocycles. The third kappa shape index (κ3) is 2.69. The van der Waals surface area contributed by atoms with Crippen LogP contribution in [0.5, 0.6) is 0 Å². The van der Waals surface area contributed by atoms with Gasteiger partial charge in [0.1, 0.15) is 11.6 Å². The fraction of sp³-hybridized carbons (Fsp3) is 0.333. The molecule has 82 valence electrons. The molecule has 1 atom stereocenters. The molecule has 1 unspecified atom stereocenters. The maximum Gasteiger partial charge on any atom is 0.333 e. The Bertz CT molecular complexity index is 350. The van der Waals surface area contributed by atoms with E-state index in [0.717, 1.165) is 19.5 Å². The Labute approximate surface area is 84.5 Å². The minimum atomic E-state index is -1.27. The van der Waals surface area contributed by atoms with Crippen molar-refractivity contribution in [3.63, 3.8) is 0 Å². The second-order valence-corrected chi connectivity index (χ2v) is 2.85. The van der Waals surface area contributed by atoms with Crippen LogP contribution in [-0.2, 0) is 16.0 Å². The zero-order valence-electron chi connectivity index (χ0n) is 7.91. The van der Waals surface area contributed by atoms with Crippen LogP contribution in [0.1, 0.15) is 5.56 Å². The molecule has 0 spiro atoms. The number of aliphatic carboxylic acids is 1. The Balaban J connectivity index is 2.92. The minimum absolute atomic E-state index is 0.334. The third-order valence-corrected chi connectivity index (χ3v) is 1.90. The predicted octanol–water partition coefficient (Wildman–Crippen LogP) is 1.00. The Morgan fingerprint density at radius 3 is 2.47 bits per heavy atom. The molecule has 6 heteroatoms. The first-order valence-corrected chi connectivity index (χ1v) is 4.09. The van der Waals surface area contributed by atoms with Crippen LogP contribution >= 0.6 is 0 Å². The van der Waals surface area contributed by atoms with Crippen molar-refractivity contribution in [2.45, 2.75) is 12.5 Å². The lowest BCUT2D eigenvalue weighted by molar-refractivity contribution is -0.148. The molecule has 1 rings (SSSR count). The summed E-state index contributed by atoms with van der Waals surface area (Å²) < 4.78 is 30.7. The Kier molecular flexibility index (Phi) is 3.68. The summed E-state index contributed by atoms with van der Waals surface area (Å²) >= 11 is 0. The normalized spacial score (nSPS) is 12.5. The molecule has 0 saturated carbocycles. The lowest BCUT2D eigenvalue weighted by Gasteiger charge is -2.10. The van der Waals surface area contributed by atoms with Crippen LogP contribution in [0.4, 0.5) is 8.78 Å². The van der Waals surface area contributed by atoms with Gasteiger partial charge in [-0.1, -0.05) is 0 Å². The first-order valence-electron chi connectivity index (χ1n) is 4.09. The summed E-state index contributed by atoms with van der Waals surface area (Å²) in [6, 6.07) is 0. The zero-order valence-corrected chi connectivity index (χ0v) is 7.91. The van der Waals surface area contributed by atoms with Gasteiger partial charge in [-0.3, -0.25) is 4.98 Å². The average Bonchev–Trinajstić information content (AvgIpc) is 2.17. The topological polar surface area (TPSA) is 59.4 Å². The van der Waals surface area contributed by atoms with E-state index in [1.54, 1.807) is 0 Å². The quantitative estimate of drug-likeness (QED) is 0.817. The average molecular weight is 217 g/mol. The molecule has 0 bridgehead atoms. The van der Waals surface area contributed by atoms with E-state index in [2.05, 4.69) is 9.72 Å². The summed E-state index contributed by atoms with van der Waals surface area (Å²) in [5.41, 5.74) is -0.334. The summed E-state index contributed by atoms with van der Waals surface area (Å²) in [5, 5.41) is 8.63. The van der Waals surface area contributed by atoms with Crippen LogP contribution in [-0.4, -0.2) is 29.3 Å². The van der Waals surface area contributed by atoms with Gasteiger partial charge in [0.15, 0.2) is 6.10 Å². The highest BCUT2D eigenvalue weighted by Gasteiger charge is 2.21. The molecule has 0 fully saturated rings. The number of hydrogen-bond donors (Lipinski definition) is 1. The molecule has 0 aliphatic carbocycles. The van der Waals surface area contributed by atoms with Crippen molar-refractivity contribution in [2.75, 3.05) is 7.11 Å². The Morgan fingerprint density at radius 1 is 1.53 bits per heavy atom. The molecule has 0 aliphatic heterocycles. The van der Waals surface area contributed by atoms with Gasteiger partial charge in [-0.15, -0.1) is 0 Å². The molecule has 1 heterocycles. The van der Waals surface area contributed by atoms with Gasteiger partial charge in [0.2, 0.25) is 0 Å². The number of aromatic nitrogens is 1. The number of carboxylic acids is 1. The molecular formula is C9H9F2NO3. The summed E-state index contributed by atoms with van der Waals surface area (Å²) in [6.45, 7) is 0. The first kappa shape index (κ1) is 11.5. The number of pyridine rings is 1. The molecular weight excluding hydrogens is 208 g/mol. The number of carbonyl (C=O) groups is 1. The van der Waals surface area contributed by atoms with Gasteiger partial charge in [-0.05, 0) is 0 Å². The van der Waals surface area contributed by atoms with E-state index >= 15 is 0 Å². The smallest absolute Gasteiger partial charge is 0.333 e. The van der Waals surface area contributed by atoms with Crippen LogP contribution in [0.25, 0.3) is 0 Å². The van der Waals surface area contributed by atoms with E-state index < -0.39 is 23.7 Å². The van der Waals surface area contributed by atoms with Crippen LogP contribution in [0.2, 0.25) is 0 Å². The summed E-state index contributed by atoms with van der Waals surface area (Å²) in [4.78, 5) is 13.9. The van der Waals surface area contributed by atoms with Gasteiger partial charge in [-0.2, -0.15) is 0 Å². The van der Waals surface area contributed by atoms with Crippen LogP contribution in [0.15, 0.2) is 12.4 Å². The Morgan fingerprint density at radius 2 is 2.07 bits per heavy atom. The fourth-order valence-corrected chi connectivity index (χ4v) is 1.09. The highest BCUT2D eigenvalue weighted by molar-refractivity contribution is 5.72. The summed E-state index contributed by atoms with van der Waals surface area (Å²) in [6.07, 6.45) is 0.0165. The lowest BCUT2D eigenvalue weighted by Crippen LogP contribution is -2.25. The SMILES string of the molecule is COC(Cc1c(F)cncc1F)C(=O)O. The van der Waals surface area contributed by atoms with Crippen molar-refractivity contribution in [3.8, 4) is 0 Å². The number of carboxylic acid groups (broad SMARTS) is 1. The van der Waals surface area contributed by atoms with Gasteiger partial charge in [0, 0.05) is 19.1 Å². The van der Waals surface area contributed by atoms with Crippen molar-refractivity contribution in [3.05, 3.63) is 29.6 Å². The van der Waals surface area contributed by atoms with Crippen LogP contribution in [0, 0.1) is 11.6 Å². The van der Waals surface area contributed by atoms with Crippen LogP contribution < -0.4 is 0 Å². The molecule has 1 aromatic rings. The maximum absolute atomic E-state index is 13.1. The fourth-order valence-electron chi connectivity index (χ4n) is 1.09. The van der Waals surface area contributed by atoms with Crippen molar-refractivity contribution in [1.82, 2.24) is 4.98 Å². The lowest BCUT2D eigenvalue weighted by atomic mass is 10.1. The molecule has 0 aromatic carbocycles. The van der Waals surface area contributed by atoms with Gasteiger partial charge in [-0.25, -0.2) is 13.6 Å². The summed E-state index contributed by atoms with van der Waals surface area (Å²) in [7, 11) is 1.16. The predicted molar refractivity (Wildman–Crippen MR) is 46.3 cm³/mol. The van der Waals surface area contributed by atoms with Gasteiger partial charge < -0.3 is 9.84 Å². The van der Waals surface area contributed by atoms with Gasteiger partial charge in [0.05, 0.1) is 12.4 Å². The number of methoxy groups -OCH3 is 1. The number of ether oxygens (including phenoxy) is 1. The highest BCUT2D eigenvalue weighted by atomic mass is 19.1. The largest absolute Gasteiger partial charge is 0.479 e. The van der Waals surface area contributed by atoms with E-state index in [0.29, 0.717) is 0 Å². The van der Waals surface area contributed by atoms with E-state index in [1.165, 1.54) is 0 Å². The molecule has 15 heavy (non-hydrogen) atoms. The second-order valence-electron chi connectivity index (χ2n) is 2.85. The Hall–Kier alpha value is -1.56. The standard InChI is InChI=1S/C9H9F2NO3/c1-15-8(9(13)14)2-5-6(10)3-12-4-7(5)11/h3-4,8H,2H2,1H3,(H,13,14). The third-order valence-electron chi connectivity index (χ3n) is 1.90.